The summed E-state index contributed by atoms with van der Waals surface area (Å²) in [5, 5.41) is 4.09. The molecule has 0 aliphatic heterocycles. The second-order valence-corrected chi connectivity index (χ2v) is 7.16. The van der Waals surface area contributed by atoms with E-state index in [0.717, 1.165) is 16.8 Å². The van der Waals surface area contributed by atoms with Crippen LogP contribution in [0.2, 0.25) is 10.0 Å². The number of carbonyl (C=O) groups excluding carboxylic acids is 1. The highest BCUT2D eigenvalue weighted by molar-refractivity contribution is 7.99. The average Bonchev–Trinajstić information content (AvgIpc) is 3.00. The maximum absolute atomic E-state index is 12.2. The van der Waals surface area contributed by atoms with E-state index in [4.69, 9.17) is 27.9 Å². The van der Waals surface area contributed by atoms with Crippen LogP contribution in [0.25, 0.3) is 11.0 Å². The number of halogens is 2. The lowest BCUT2D eigenvalue weighted by molar-refractivity contribution is -0.113. The maximum atomic E-state index is 12.2. The van der Waals surface area contributed by atoms with Crippen LogP contribution < -0.4 is 10.1 Å². The standard InChI is InChI=1S/C17H16Cl2N4O2S/c1-3-25-10-4-5-13-14(6-10)22-17(21-13)26-8-15(24)23-16-12(19)7-11(18)9(2)20-16/h4-7H,3,8H2,1-2H3,(H,21,22)(H,20,23,24). The second-order valence-electron chi connectivity index (χ2n) is 5.38. The number of thioether (sulfide) groups is 1. The van der Waals surface area contributed by atoms with E-state index in [2.05, 4.69) is 20.3 Å². The Kier molecular flexibility index (Phi) is 5.90. The number of pyridine rings is 1. The van der Waals surface area contributed by atoms with E-state index in [0.29, 0.717) is 33.3 Å². The van der Waals surface area contributed by atoms with Gasteiger partial charge in [-0.05, 0) is 32.0 Å². The molecular weight excluding hydrogens is 395 g/mol. The second kappa shape index (κ2) is 8.16. The van der Waals surface area contributed by atoms with E-state index in [1.54, 1.807) is 13.0 Å². The Hall–Kier alpha value is -1.96. The molecule has 6 nitrogen and oxygen atoms in total. The van der Waals surface area contributed by atoms with Crippen molar-refractivity contribution in [1.82, 2.24) is 15.0 Å². The number of amides is 1. The van der Waals surface area contributed by atoms with Gasteiger partial charge < -0.3 is 15.0 Å². The predicted molar refractivity (Wildman–Crippen MR) is 106 cm³/mol. The summed E-state index contributed by atoms with van der Waals surface area (Å²) in [6.45, 7) is 4.27. The third-order valence-electron chi connectivity index (χ3n) is 3.45. The highest BCUT2D eigenvalue weighted by atomic mass is 35.5. The lowest BCUT2D eigenvalue weighted by Crippen LogP contribution is -2.15. The molecule has 0 spiro atoms. The normalized spacial score (nSPS) is 10.9. The first-order valence-electron chi connectivity index (χ1n) is 7.84. The Labute approximate surface area is 164 Å². The number of rotatable bonds is 6. The summed E-state index contributed by atoms with van der Waals surface area (Å²) < 4.78 is 5.47. The third kappa shape index (κ3) is 4.41. The van der Waals surface area contributed by atoms with Crippen molar-refractivity contribution < 1.29 is 9.53 Å². The number of aryl methyl sites for hydroxylation is 1. The summed E-state index contributed by atoms with van der Waals surface area (Å²) in [5.74, 6) is 1.00. The molecule has 0 aliphatic rings. The van der Waals surface area contributed by atoms with Crippen LogP contribution in [-0.2, 0) is 4.79 Å². The van der Waals surface area contributed by atoms with Crippen molar-refractivity contribution >= 4 is 57.7 Å². The lowest BCUT2D eigenvalue weighted by Gasteiger charge is -2.07. The van der Waals surface area contributed by atoms with Gasteiger partial charge in [0.15, 0.2) is 11.0 Å². The molecule has 1 amide bonds. The maximum Gasteiger partial charge on any atom is 0.236 e. The van der Waals surface area contributed by atoms with Crippen molar-refractivity contribution in [3.8, 4) is 5.75 Å². The molecule has 0 aliphatic carbocycles. The van der Waals surface area contributed by atoms with Crippen LogP contribution in [-0.4, -0.2) is 33.2 Å². The summed E-state index contributed by atoms with van der Waals surface area (Å²) in [7, 11) is 0. The highest BCUT2D eigenvalue weighted by Crippen LogP contribution is 2.26. The first-order chi connectivity index (χ1) is 12.5. The van der Waals surface area contributed by atoms with Crippen LogP contribution in [0.5, 0.6) is 5.75 Å². The fourth-order valence-corrected chi connectivity index (χ4v) is 3.33. The Bertz CT molecular complexity index is 961. The fraction of sp³-hybridized carbons (Fsp3) is 0.235. The van der Waals surface area contributed by atoms with Gasteiger partial charge in [0.1, 0.15) is 5.75 Å². The highest BCUT2D eigenvalue weighted by Gasteiger charge is 2.12. The molecule has 0 radical (unpaired) electrons. The number of hydrogen-bond acceptors (Lipinski definition) is 5. The van der Waals surface area contributed by atoms with Crippen LogP contribution >= 0.6 is 35.0 Å². The van der Waals surface area contributed by atoms with Crippen LogP contribution in [0.4, 0.5) is 5.82 Å². The van der Waals surface area contributed by atoms with Crippen LogP contribution in [0, 0.1) is 6.92 Å². The number of anilines is 1. The summed E-state index contributed by atoms with van der Waals surface area (Å²) in [5.41, 5.74) is 2.27. The van der Waals surface area contributed by atoms with Gasteiger partial charge in [-0.3, -0.25) is 4.79 Å². The quantitative estimate of drug-likeness (QED) is 0.575. The molecule has 3 rings (SSSR count). The van der Waals surface area contributed by atoms with Gasteiger partial charge in [0.25, 0.3) is 0 Å². The Balaban J connectivity index is 1.64. The van der Waals surface area contributed by atoms with Crippen molar-refractivity contribution in [2.24, 2.45) is 0 Å². The molecule has 2 heterocycles. The van der Waals surface area contributed by atoms with Crippen molar-refractivity contribution in [3.05, 3.63) is 40.0 Å². The van der Waals surface area contributed by atoms with Gasteiger partial charge in [0.05, 0.1) is 39.1 Å². The molecule has 0 unspecified atom stereocenters. The number of nitrogens with one attached hydrogen (secondary N) is 2. The molecule has 0 saturated carbocycles. The molecule has 0 bridgehead atoms. The minimum Gasteiger partial charge on any atom is -0.494 e. The van der Waals surface area contributed by atoms with E-state index in [9.17, 15) is 4.79 Å². The number of imidazole rings is 1. The first kappa shape index (κ1) is 18.8. The van der Waals surface area contributed by atoms with Gasteiger partial charge in [0.2, 0.25) is 5.91 Å². The molecule has 3 aromatic rings. The SMILES string of the molecule is CCOc1ccc2nc(SCC(=O)Nc3nc(C)c(Cl)cc3Cl)[nH]c2c1. The third-order valence-corrected chi connectivity index (χ3v) is 4.99. The van der Waals surface area contributed by atoms with Gasteiger partial charge >= 0.3 is 0 Å². The van der Waals surface area contributed by atoms with E-state index < -0.39 is 0 Å². The van der Waals surface area contributed by atoms with Gasteiger partial charge in [-0.1, -0.05) is 35.0 Å². The summed E-state index contributed by atoms with van der Waals surface area (Å²) in [6, 6.07) is 7.19. The van der Waals surface area contributed by atoms with Gasteiger partial charge in [-0.15, -0.1) is 0 Å². The zero-order chi connectivity index (χ0) is 18.7. The van der Waals surface area contributed by atoms with Crippen molar-refractivity contribution in [2.45, 2.75) is 19.0 Å². The molecule has 2 aromatic heterocycles. The largest absolute Gasteiger partial charge is 0.494 e. The number of benzene rings is 1. The molecular formula is C17H16Cl2N4O2S. The Morgan fingerprint density at radius 2 is 2.08 bits per heavy atom. The zero-order valence-corrected chi connectivity index (χ0v) is 16.4. The molecule has 136 valence electrons. The van der Waals surface area contributed by atoms with Crippen molar-refractivity contribution in [2.75, 3.05) is 17.7 Å². The van der Waals surface area contributed by atoms with E-state index >= 15 is 0 Å². The summed E-state index contributed by atoms with van der Waals surface area (Å²) in [6.07, 6.45) is 0. The smallest absolute Gasteiger partial charge is 0.236 e. The molecule has 0 atom stereocenters. The Morgan fingerprint density at radius 1 is 1.27 bits per heavy atom. The van der Waals surface area contributed by atoms with Gasteiger partial charge in [-0.2, -0.15) is 0 Å². The number of fused-ring (bicyclic) bond motifs is 1. The molecule has 9 heteroatoms. The Morgan fingerprint density at radius 3 is 2.85 bits per heavy atom. The van der Waals surface area contributed by atoms with E-state index in [-0.39, 0.29) is 11.7 Å². The molecule has 0 saturated heterocycles. The number of aromatic nitrogens is 3. The van der Waals surface area contributed by atoms with Gasteiger partial charge in [-0.25, -0.2) is 9.97 Å². The molecule has 1 aromatic carbocycles. The summed E-state index contributed by atoms with van der Waals surface area (Å²) in [4.78, 5) is 24.0. The number of carbonyl (C=O) groups is 1. The van der Waals surface area contributed by atoms with Crippen molar-refractivity contribution in [3.63, 3.8) is 0 Å². The van der Waals surface area contributed by atoms with Crippen LogP contribution in [0.15, 0.2) is 29.4 Å². The van der Waals surface area contributed by atoms with Gasteiger partial charge in [0, 0.05) is 6.07 Å². The number of hydrogen-bond donors (Lipinski definition) is 2. The monoisotopic (exact) mass is 410 g/mol. The van der Waals surface area contributed by atoms with E-state index in [1.165, 1.54) is 11.8 Å². The van der Waals surface area contributed by atoms with Crippen LogP contribution in [0.1, 0.15) is 12.6 Å². The zero-order valence-electron chi connectivity index (χ0n) is 14.1. The van der Waals surface area contributed by atoms with E-state index in [1.807, 2.05) is 25.1 Å². The minimum absolute atomic E-state index is 0.165. The number of aromatic amines is 1. The summed E-state index contributed by atoms with van der Waals surface area (Å²) >= 11 is 13.3. The number of nitrogens with zero attached hydrogens (tertiary/aromatic N) is 2. The average molecular weight is 411 g/mol. The minimum atomic E-state index is -0.235. The van der Waals surface area contributed by atoms with Crippen LogP contribution in [0.3, 0.4) is 0 Å². The lowest BCUT2D eigenvalue weighted by atomic mass is 10.3. The first-order valence-corrected chi connectivity index (χ1v) is 9.58. The van der Waals surface area contributed by atoms with Crippen molar-refractivity contribution in [1.29, 1.82) is 0 Å². The topological polar surface area (TPSA) is 79.9 Å². The number of H-pyrrole nitrogens is 1. The molecule has 26 heavy (non-hydrogen) atoms. The fourth-order valence-electron chi connectivity index (χ4n) is 2.24. The number of ether oxygens (including phenoxy) is 1. The molecule has 0 fully saturated rings. The molecule has 2 N–H and O–H groups in total. The predicted octanol–water partition coefficient (Wildman–Crippen LogP) is 4.70.